The fourth-order valence-corrected chi connectivity index (χ4v) is 2.45. The van der Waals surface area contributed by atoms with E-state index in [-0.39, 0.29) is 24.1 Å². The van der Waals surface area contributed by atoms with Crippen LogP contribution in [0.4, 0.5) is 4.39 Å². The summed E-state index contributed by atoms with van der Waals surface area (Å²) in [7, 11) is 0. The number of halogens is 1. The van der Waals surface area contributed by atoms with Gasteiger partial charge in [-0.2, -0.15) is 0 Å². The number of rotatable bonds is 4. The number of benzene rings is 1. The van der Waals surface area contributed by atoms with Crippen LogP contribution < -0.4 is 0 Å². The fourth-order valence-electron chi connectivity index (χ4n) is 2.45. The quantitative estimate of drug-likeness (QED) is 0.858. The molecule has 1 aliphatic rings. The number of hydrogen-bond donors (Lipinski definition) is 1. The van der Waals surface area contributed by atoms with Gasteiger partial charge in [-0.25, -0.2) is 4.39 Å². The maximum atomic E-state index is 13.2. The summed E-state index contributed by atoms with van der Waals surface area (Å²) in [6.45, 7) is 3.12. The number of piperidine rings is 1. The first-order chi connectivity index (χ1) is 9.47. The van der Waals surface area contributed by atoms with Crippen molar-refractivity contribution in [3.05, 3.63) is 35.1 Å². The molecule has 0 spiro atoms. The second-order valence-electron chi connectivity index (χ2n) is 5.28. The van der Waals surface area contributed by atoms with E-state index in [0.717, 1.165) is 0 Å². The average molecular weight is 279 g/mol. The number of carbonyl (C=O) groups excluding carboxylic acids is 1. The van der Waals surface area contributed by atoms with Gasteiger partial charge in [0.2, 0.25) is 0 Å². The lowest BCUT2D eigenvalue weighted by atomic mass is 9.96. The van der Waals surface area contributed by atoms with Crippen molar-refractivity contribution in [2.24, 2.45) is 5.92 Å². The number of aliphatic carboxylic acids is 1. The van der Waals surface area contributed by atoms with Gasteiger partial charge in [-0.05, 0) is 56.6 Å². The number of Topliss-reactive ketones (excluding diaryl/α,β-unsaturated/α-hetero) is 1. The number of aryl methyl sites for hydroxylation is 1. The molecule has 0 amide bonds. The van der Waals surface area contributed by atoms with Gasteiger partial charge in [-0.15, -0.1) is 0 Å². The van der Waals surface area contributed by atoms with E-state index in [1.54, 1.807) is 13.0 Å². The van der Waals surface area contributed by atoms with E-state index in [4.69, 9.17) is 5.11 Å². The third-order valence-electron chi connectivity index (χ3n) is 3.78. The van der Waals surface area contributed by atoms with Crippen LogP contribution in [-0.4, -0.2) is 41.4 Å². The Morgan fingerprint density at radius 2 is 2.00 bits per heavy atom. The summed E-state index contributed by atoms with van der Waals surface area (Å²) < 4.78 is 13.2. The van der Waals surface area contributed by atoms with Crippen molar-refractivity contribution >= 4 is 11.8 Å². The molecule has 1 aromatic carbocycles. The minimum atomic E-state index is -0.759. The molecule has 0 aliphatic carbocycles. The Kier molecular flexibility index (Phi) is 4.49. The largest absolute Gasteiger partial charge is 0.481 e. The van der Waals surface area contributed by atoms with Gasteiger partial charge in [0.1, 0.15) is 5.82 Å². The molecule has 1 heterocycles. The maximum Gasteiger partial charge on any atom is 0.306 e. The standard InChI is InChI=1S/C15H18FNO3/c1-10-8-12(2-3-13(10)16)14(18)9-17-6-4-11(5-7-17)15(19)20/h2-3,8,11H,4-7,9H2,1H3,(H,19,20). The zero-order valence-corrected chi connectivity index (χ0v) is 11.4. The highest BCUT2D eigenvalue weighted by molar-refractivity contribution is 5.97. The number of likely N-dealkylation sites (tertiary alicyclic amines) is 1. The molecule has 4 nitrogen and oxygen atoms in total. The van der Waals surface area contributed by atoms with Crippen LogP contribution in [0.25, 0.3) is 0 Å². The van der Waals surface area contributed by atoms with Crippen molar-refractivity contribution in [1.82, 2.24) is 4.90 Å². The van der Waals surface area contributed by atoms with Gasteiger partial charge in [-0.1, -0.05) is 0 Å². The molecule has 1 N–H and O–H groups in total. The predicted octanol–water partition coefficient (Wildman–Crippen LogP) is 2.11. The Balaban J connectivity index is 1.92. The summed E-state index contributed by atoms with van der Waals surface area (Å²) in [6, 6.07) is 4.36. The van der Waals surface area contributed by atoms with Crippen molar-refractivity contribution in [2.75, 3.05) is 19.6 Å². The summed E-state index contributed by atoms with van der Waals surface area (Å²) in [4.78, 5) is 24.9. The molecule has 2 rings (SSSR count). The number of carboxylic acid groups (broad SMARTS) is 1. The molecule has 5 heteroatoms. The second kappa shape index (κ2) is 6.13. The van der Waals surface area contributed by atoms with Crippen molar-refractivity contribution in [3.63, 3.8) is 0 Å². The SMILES string of the molecule is Cc1cc(C(=O)CN2CCC(C(=O)O)CC2)ccc1F. The first kappa shape index (κ1) is 14.7. The summed E-state index contributed by atoms with van der Waals surface area (Å²) in [5.74, 6) is -1.43. The molecule has 0 atom stereocenters. The van der Waals surface area contributed by atoms with E-state index in [1.165, 1.54) is 12.1 Å². The van der Waals surface area contributed by atoms with E-state index in [1.807, 2.05) is 4.90 Å². The number of carboxylic acids is 1. The monoisotopic (exact) mass is 279 g/mol. The van der Waals surface area contributed by atoms with Gasteiger partial charge in [-0.3, -0.25) is 14.5 Å². The molecule has 0 bridgehead atoms. The Morgan fingerprint density at radius 1 is 1.35 bits per heavy atom. The second-order valence-corrected chi connectivity index (χ2v) is 5.28. The van der Waals surface area contributed by atoms with Crippen LogP contribution in [0.5, 0.6) is 0 Å². The minimum absolute atomic E-state index is 0.0538. The van der Waals surface area contributed by atoms with E-state index in [2.05, 4.69) is 0 Å². The predicted molar refractivity (Wildman–Crippen MR) is 72.3 cm³/mol. The summed E-state index contributed by atoms with van der Waals surface area (Å²) in [5, 5.41) is 8.92. The normalized spacial score (nSPS) is 17.1. The number of nitrogens with zero attached hydrogens (tertiary/aromatic N) is 1. The van der Waals surface area contributed by atoms with Crippen molar-refractivity contribution in [1.29, 1.82) is 0 Å². The van der Waals surface area contributed by atoms with Crippen molar-refractivity contribution in [2.45, 2.75) is 19.8 Å². The molecular formula is C15H18FNO3. The van der Waals surface area contributed by atoms with Gasteiger partial charge in [0, 0.05) is 5.56 Å². The number of carbonyl (C=O) groups is 2. The Labute approximate surface area is 117 Å². The first-order valence-electron chi connectivity index (χ1n) is 6.72. The third-order valence-corrected chi connectivity index (χ3v) is 3.78. The topological polar surface area (TPSA) is 57.6 Å². The molecular weight excluding hydrogens is 261 g/mol. The molecule has 0 saturated carbocycles. The highest BCUT2D eigenvalue weighted by Crippen LogP contribution is 2.18. The lowest BCUT2D eigenvalue weighted by molar-refractivity contribution is -0.143. The molecule has 1 aliphatic heterocycles. The van der Waals surface area contributed by atoms with Crippen LogP contribution in [0.3, 0.4) is 0 Å². The van der Waals surface area contributed by atoms with Crippen LogP contribution in [-0.2, 0) is 4.79 Å². The molecule has 1 saturated heterocycles. The average Bonchev–Trinajstić information content (AvgIpc) is 2.42. The van der Waals surface area contributed by atoms with Crippen LogP contribution in [0.1, 0.15) is 28.8 Å². The van der Waals surface area contributed by atoms with Gasteiger partial charge in [0.15, 0.2) is 5.78 Å². The molecule has 1 aromatic rings. The van der Waals surface area contributed by atoms with Gasteiger partial charge in [0.05, 0.1) is 12.5 Å². The smallest absolute Gasteiger partial charge is 0.306 e. The van der Waals surface area contributed by atoms with E-state index >= 15 is 0 Å². The van der Waals surface area contributed by atoms with E-state index < -0.39 is 5.97 Å². The molecule has 0 aromatic heterocycles. The number of ketones is 1. The summed E-state index contributed by atoms with van der Waals surface area (Å²) in [5.41, 5.74) is 0.963. The van der Waals surface area contributed by atoms with Crippen LogP contribution in [0.15, 0.2) is 18.2 Å². The highest BCUT2D eigenvalue weighted by Gasteiger charge is 2.25. The molecule has 1 fully saturated rings. The molecule has 20 heavy (non-hydrogen) atoms. The lowest BCUT2D eigenvalue weighted by Crippen LogP contribution is -2.39. The minimum Gasteiger partial charge on any atom is -0.481 e. The van der Waals surface area contributed by atoms with Crippen LogP contribution in [0.2, 0.25) is 0 Å². The van der Waals surface area contributed by atoms with E-state index in [0.29, 0.717) is 37.1 Å². The Hall–Kier alpha value is -1.75. The maximum absolute atomic E-state index is 13.2. The van der Waals surface area contributed by atoms with Crippen molar-refractivity contribution in [3.8, 4) is 0 Å². The Bertz CT molecular complexity index is 522. The zero-order valence-electron chi connectivity index (χ0n) is 11.4. The highest BCUT2D eigenvalue weighted by atomic mass is 19.1. The molecule has 0 unspecified atom stereocenters. The Morgan fingerprint density at radius 3 is 2.55 bits per heavy atom. The summed E-state index contributed by atoms with van der Waals surface area (Å²) in [6.07, 6.45) is 1.15. The number of hydrogen-bond acceptors (Lipinski definition) is 3. The lowest BCUT2D eigenvalue weighted by Gasteiger charge is -2.29. The van der Waals surface area contributed by atoms with Gasteiger partial charge >= 0.3 is 5.97 Å². The molecule has 0 radical (unpaired) electrons. The zero-order chi connectivity index (χ0) is 14.7. The van der Waals surface area contributed by atoms with E-state index in [9.17, 15) is 14.0 Å². The first-order valence-corrected chi connectivity index (χ1v) is 6.72. The van der Waals surface area contributed by atoms with Crippen LogP contribution in [0, 0.1) is 18.7 Å². The van der Waals surface area contributed by atoms with Crippen molar-refractivity contribution < 1.29 is 19.1 Å². The molecule has 108 valence electrons. The third kappa shape index (κ3) is 3.42. The van der Waals surface area contributed by atoms with Gasteiger partial charge in [0.25, 0.3) is 0 Å². The van der Waals surface area contributed by atoms with Gasteiger partial charge < -0.3 is 5.11 Å². The van der Waals surface area contributed by atoms with Crippen LogP contribution >= 0.6 is 0 Å². The fraction of sp³-hybridized carbons (Fsp3) is 0.467. The summed E-state index contributed by atoms with van der Waals surface area (Å²) >= 11 is 0.